The standard InChI is InChI=1S/C14H13ClNS.BrH/c15-12-5-6-14-11(8-12)7-10-3-1-2-4-13(10)17(14)9-16;/h1-6,8H,7,9,16H2;1H/q+1;. The topological polar surface area (TPSA) is 26.0 Å². The van der Waals surface area contributed by atoms with Crippen molar-refractivity contribution >= 4 is 39.5 Å². The maximum atomic E-state index is 6.07. The molecule has 0 amide bonds. The van der Waals surface area contributed by atoms with Crippen molar-refractivity contribution in [1.82, 2.24) is 0 Å². The molecule has 0 bridgehead atoms. The van der Waals surface area contributed by atoms with E-state index < -0.39 is 0 Å². The molecule has 0 saturated carbocycles. The fourth-order valence-electron chi connectivity index (χ4n) is 2.32. The Kier molecular flexibility index (Phi) is 4.38. The molecule has 4 heteroatoms. The summed E-state index contributed by atoms with van der Waals surface area (Å²) >= 11 is 6.07. The number of rotatable bonds is 1. The van der Waals surface area contributed by atoms with Gasteiger partial charge < -0.3 is 0 Å². The second-order valence-electron chi connectivity index (χ2n) is 4.09. The lowest BCUT2D eigenvalue weighted by molar-refractivity contribution is 1.04. The van der Waals surface area contributed by atoms with Gasteiger partial charge in [-0.1, -0.05) is 29.8 Å². The van der Waals surface area contributed by atoms with Crippen LogP contribution in [0.15, 0.2) is 52.3 Å². The molecule has 3 rings (SSSR count). The summed E-state index contributed by atoms with van der Waals surface area (Å²) in [5.41, 5.74) is 8.66. The van der Waals surface area contributed by atoms with Crippen LogP contribution in [-0.4, -0.2) is 5.88 Å². The molecular weight excluding hydrogens is 330 g/mol. The van der Waals surface area contributed by atoms with Gasteiger partial charge in [0.2, 0.25) is 0 Å². The minimum absolute atomic E-state index is 0. The first kappa shape index (κ1) is 13.9. The molecule has 94 valence electrons. The van der Waals surface area contributed by atoms with E-state index in [2.05, 4.69) is 36.4 Å². The van der Waals surface area contributed by atoms with Crippen LogP contribution in [0.4, 0.5) is 0 Å². The summed E-state index contributed by atoms with van der Waals surface area (Å²) in [6, 6.07) is 14.7. The van der Waals surface area contributed by atoms with Gasteiger partial charge >= 0.3 is 0 Å². The fourth-order valence-corrected chi connectivity index (χ4v) is 4.49. The van der Waals surface area contributed by atoms with Gasteiger partial charge in [0.05, 0.1) is 10.9 Å². The van der Waals surface area contributed by atoms with Gasteiger partial charge in [0.15, 0.2) is 15.7 Å². The highest BCUT2D eigenvalue weighted by Gasteiger charge is 2.33. The average Bonchev–Trinajstić information content (AvgIpc) is 2.35. The summed E-state index contributed by atoms with van der Waals surface area (Å²) in [6.07, 6.45) is 0.968. The second-order valence-corrected chi connectivity index (χ2v) is 6.52. The van der Waals surface area contributed by atoms with Crippen LogP contribution < -0.4 is 5.73 Å². The highest BCUT2D eigenvalue weighted by molar-refractivity contribution is 8.93. The molecule has 2 N–H and O–H groups in total. The molecule has 0 aromatic heterocycles. The summed E-state index contributed by atoms with van der Waals surface area (Å²) in [6.45, 7) is 0. The maximum absolute atomic E-state index is 6.07. The Hall–Kier alpha value is -0.480. The summed E-state index contributed by atoms with van der Waals surface area (Å²) < 4.78 is 0. The van der Waals surface area contributed by atoms with Gasteiger partial charge in [-0.05, 0) is 24.3 Å². The zero-order chi connectivity index (χ0) is 11.8. The fraction of sp³-hybridized carbons (Fsp3) is 0.143. The van der Waals surface area contributed by atoms with Crippen molar-refractivity contribution in [3.63, 3.8) is 0 Å². The van der Waals surface area contributed by atoms with Crippen LogP contribution in [0.25, 0.3) is 0 Å². The predicted octanol–water partition coefficient (Wildman–Crippen LogP) is 3.77. The quantitative estimate of drug-likeness (QED) is 0.784. The zero-order valence-corrected chi connectivity index (χ0v) is 13.0. The third-order valence-corrected chi connectivity index (χ3v) is 5.50. The largest absolute Gasteiger partial charge is 0.288 e. The molecule has 1 nitrogen and oxygen atoms in total. The maximum Gasteiger partial charge on any atom is 0.168 e. The third kappa shape index (κ3) is 2.32. The zero-order valence-electron chi connectivity index (χ0n) is 9.73. The van der Waals surface area contributed by atoms with E-state index in [1.807, 2.05) is 6.07 Å². The van der Waals surface area contributed by atoms with Crippen molar-refractivity contribution in [3.8, 4) is 0 Å². The van der Waals surface area contributed by atoms with E-state index in [0.29, 0.717) is 5.88 Å². The van der Waals surface area contributed by atoms with Gasteiger partial charge in [0.1, 0.15) is 0 Å². The van der Waals surface area contributed by atoms with Crippen molar-refractivity contribution in [3.05, 3.63) is 58.6 Å². The van der Waals surface area contributed by atoms with Crippen LogP contribution in [0.1, 0.15) is 11.1 Å². The molecular formula is C14H14BrClNS+. The van der Waals surface area contributed by atoms with E-state index >= 15 is 0 Å². The minimum Gasteiger partial charge on any atom is -0.288 e. The van der Waals surface area contributed by atoms with Crippen molar-refractivity contribution in [2.24, 2.45) is 5.73 Å². The molecule has 1 aliphatic heterocycles. The van der Waals surface area contributed by atoms with E-state index in [0.717, 1.165) is 11.4 Å². The molecule has 2 aromatic carbocycles. The van der Waals surface area contributed by atoms with Gasteiger partial charge in [-0.25, -0.2) is 0 Å². The van der Waals surface area contributed by atoms with Crippen LogP contribution >= 0.6 is 28.6 Å². The van der Waals surface area contributed by atoms with Crippen molar-refractivity contribution in [1.29, 1.82) is 0 Å². The Bertz CT molecular complexity index is 573. The number of nitrogens with two attached hydrogens (primary N) is 1. The van der Waals surface area contributed by atoms with E-state index in [1.54, 1.807) is 0 Å². The van der Waals surface area contributed by atoms with E-state index in [9.17, 15) is 0 Å². The average molecular weight is 344 g/mol. The highest BCUT2D eigenvalue weighted by atomic mass is 79.9. The van der Waals surface area contributed by atoms with Crippen LogP contribution in [0.2, 0.25) is 5.02 Å². The number of hydrogen-bond acceptors (Lipinski definition) is 1. The number of benzene rings is 2. The lowest BCUT2D eigenvalue weighted by Gasteiger charge is -2.18. The summed E-state index contributed by atoms with van der Waals surface area (Å²) in [5, 5.41) is 0.809. The van der Waals surface area contributed by atoms with Crippen molar-refractivity contribution in [2.75, 3.05) is 5.88 Å². The summed E-state index contributed by atoms with van der Waals surface area (Å²) in [7, 11) is 0.00937. The van der Waals surface area contributed by atoms with Crippen LogP contribution in [0.5, 0.6) is 0 Å². The Morgan fingerprint density at radius 2 is 1.78 bits per heavy atom. The van der Waals surface area contributed by atoms with Gasteiger partial charge in [-0.15, -0.1) is 17.0 Å². The molecule has 0 fully saturated rings. The lowest BCUT2D eigenvalue weighted by Crippen LogP contribution is -2.22. The smallest absolute Gasteiger partial charge is 0.168 e. The first-order chi connectivity index (χ1) is 8.29. The van der Waals surface area contributed by atoms with Gasteiger partial charge in [0, 0.05) is 22.6 Å². The highest BCUT2D eigenvalue weighted by Crippen LogP contribution is 2.36. The molecule has 1 atom stereocenters. The summed E-state index contributed by atoms with van der Waals surface area (Å²) in [5.74, 6) is 0.672. The number of fused-ring (bicyclic) bond motifs is 2. The van der Waals surface area contributed by atoms with E-state index in [-0.39, 0.29) is 27.9 Å². The molecule has 1 heterocycles. The van der Waals surface area contributed by atoms with Gasteiger partial charge in [-0.2, -0.15) is 0 Å². The van der Waals surface area contributed by atoms with Crippen LogP contribution in [0, 0.1) is 0 Å². The molecule has 0 spiro atoms. The molecule has 0 aliphatic carbocycles. The van der Waals surface area contributed by atoms with E-state index in [4.69, 9.17) is 17.3 Å². The summed E-state index contributed by atoms with van der Waals surface area (Å²) in [4.78, 5) is 2.75. The van der Waals surface area contributed by atoms with Crippen LogP contribution in [0.3, 0.4) is 0 Å². The molecule has 1 unspecified atom stereocenters. The molecule has 18 heavy (non-hydrogen) atoms. The normalized spacial score (nSPS) is 16.4. The number of halogens is 2. The predicted molar refractivity (Wildman–Crippen MR) is 84.0 cm³/mol. The Morgan fingerprint density at radius 1 is 1.06 bits per heavy atom. The van der Waals surface area contributed by atoms with Gasteiger partial charge in [0.25, 0.3) is 0 Å². The Balaban J connectivity index is 0.00000120. The first-order valence-corrected chi connectivity index (χ1v) is 7.34. The molecule has 0 saturated heterocycles. The van der Waals surface area contributed by atoms with Crippen molar-refractivity contribution < 1.29 is 0 Å². The molecule has 2 aromatic rings. The third-order valence-electron chi connectivity index (χ3n) is 3.07. The lowest BCUT2D eigenvalue weighted by atomic mass is 10.0. The second kappa shape index (κ2) is 5.66. The van der Waals surface area contributed by atoms with Crippen molar-refractivity contribution in [2.45, 2.75) is 16.2 Å². The monoisotopic (exact) mass is 342 g/mol. The molecule has 1 aliphatic rings. The van der Waals surface area contributed by atoms with E-state index in [1.165, 1.54) is 20.9 Å². The molecule has 0 radical (unpaired) electrons. The van der Waals surface area contributed by atoms with Gasteiger partial charge in [-0.3, -0.25) is 5.73 Å². The first-order valence-electron chi connectivity index (χ1n) is 5.57. The SMILES string of the molecule is Br.NC[S+]1c2ccccc2Cc2cc(Cl)ccc21. The number of hydrogen-bond donors (Lipinski definition) is 1. The van der Waals surface area contributed by atoms with Crippen LogP contribution in [-0.2, 0) is 17.3 Å². The Labute approximate surface area is 125 Å². The minimum atomic E-state index is 0. The Morgan fingerprint density at radius 3 is 2.56 bits per heavy atom.